The second-order valence-electron chi connectivity index (χ2n) is 5.12. The molecule has 1 saturated heterocycles. The lowest BCUT2D eigenvalue weighted by Gasteiger charge is -2.32. The molecular weight excluding hydrogens is 306 g/mol. The van der Waals surface area contributed by atoms with Gasteiger partial charge in [-0.3, -0.25) is 4.79 Å². The molecule has 1 amide bonds. The number of carbonyl (C=O) groups is 1. The van der Waals surface area contributed by atoms with Crippen LogP contribution in [0.1, 0.15) is 5.56 Å². The first-order valence-electron chi connectivity index (χ1n) is 6.84. The molecular formula is C15H16ClN3OS. The van der Waals surface area contributed by atoms with Gasteiger partial charge in [-0.1, -0.05) is 29.8 Å². The molecule has 2 aliphatic heterocycles. The maximum atomic E-state index is 12.1. The average Bonchev–Trinajstić information content (AvgIpc) is 2.83. The Morgan fingerprint density at radius 1 is 1.24 bits per heavy atom. The molecule has 4 nitrogen and oxygen atoms in total. The Labute approximate surface area is 133 Å². The van der Waals surface area contributed by atoms with Gasteiger partial charge in [0.25, 0.3) is 5.91 Å². The van der Waals surface area contributed by atoms with Gasteiger partial charge in [-0.15, -0.1) is 0 Å². The van der Waals surface area contributed by atoms with E-state index >= 15 is 0 Å². The number of likely N-dealkylation sites (N-methyl/N-ethyl adjacent to an activating group) is 1. The van der Waals surface area contributed by atoms with Crippen LogP contribution >= 0.6 is 23.4 Å². The van der Waals surface area contributed by atoms with Crippen LogP contribution < -0.4 is 0 Å². The highest BCUT2D eigenvalue weighted by atomic mass is 35.5. The van der Waals surface area contributed by atoms with Crippen molar-refractivity contribution in [2.45, 2.75) is 0 Å². The first kappa shape index (κ1) is 14.6. The van der Waals surface area contributed by atoms with Gasteiger partial charge in [-0.2, -0.15) is 4.99 Å². The Kier molecular flexibility index (Phi) is 4.33. The number of piperazine rings is 1. The van der Waals surface area contributed by atoms with Gasteiger partial charge in [0.2, 0.25) is 0 Å². The molecule has 2 aliphatic rings. The Morgan fingerprint density at radius 3 is 2.67 bits per heavy atom. The highest BCUT2D eigenvalue weighted by Gasteiger charge is 2.27. The van der Waals surface area contributed by atoms with Gasteiger partial charge in [0, 0.05) is 31.2 Å². The molecule has 0 aromatic heterocycles. The number of rotatable bonds is 1. The van der Waals surface area contributed by atoms with Crippen LogP contribution in [0.5, 0.6) is 0 Å². The van der Waals surface area contributed by atoms with Crippen molar-refractivity contribution in [3.63, 3.8) is 0 Å². The molecule has 0 atom stereocenters. The van der Waals surface area contributed by atoms with E-state index in [1.165, 1.54) is 11.8 Å². The smallest absolute Gasteiger partial charge is 0.286 e. The lowest BCUT2D eigenvalue weighted by molar-refractivity contribution is -0.113. The first-order valence-corrected chi connectivity index (χ1v) is 8.03. The van der Waals surface area contributed by atoms with Crippen molar-refractivity contribution in [3.05, 3.63) is 39.8 Å². The minimum atomic E-state index is -0.172. The molecule has 1 aromatic carbocycles. The summed E-state index contributed by atoms with van der Waals surface area (Å²) in [4.78, 5) is 21.3. The number of benzene rings is 1. The van der Waals surface area contributed by atoms with Crippen LogP contribution in [0.2, 0.25) is 5.02 Å². The predicted octanol–water partition coefficient (Wildman–Crippen LogP) is 2.56. The first-order chi connectivity index (χ1) is 10.1. The fourth-order valence-corrected chi connectivity index (χ4v) is 3.41. The zero-order valence-corrected chi connectivity index (χ0v) is 13.3. The van der Waals surface area contributed by atoms with E-state index in [-0.39, 0.29) is 5.91 Å². The number of halogens is 1. The Balaban J connectivity index is 1.74. The number of amidine groups is 1. The van der Waals surface area contributed by atoms with E-state index in [0.29, 0.717) is 9.93 Å². The zero-order chi connectivity index (χ0) is 14.8. The fraction of sp³-hybridized carbons (Fsp3) is 0.333. The summed E-state index contributed by atoms with van der Waals surface area (Å²) in [6.07, 6.45) is 1.82. The highest BCUT2D eigenvalue weighted by Crippen LogP contribution is 2.31. The lowest BCUT2D eigenvalue weighted by atomic mass is 10.2. The van der Waals surface area contributed by atoms with Crippen molar-refractivity contribution in [1.82, 2.24) is 9.80 Å². The van der Waals surface area contributed by atoms with Crippen molar-refractivity contribution in [2.24, 2.45) is 4.99 Å². The second kappa shape index (κ2) is 6.22. The fourth-order valence-electron chi connectivity index (χ4n) is 2.26. The topological polar surface area (TPSA) is 35.9 Å². The quantitative estimate of drug-likeness (QED) is 0.745. The van der Waals surface area contributed by atoms with Crippen molar-refractivity contribution in [1.29, 1.82) is 0 Å². The van der Waals surface area contributed by atoms with Gasteiger partial charge in [0.1, 0.15) is 0 Å². The molecule has 21 heavy (non-hydrogen) atoms. The molecule has 6 heteroatoms. The third-order valence-electron chi connectivity index (χ3n) is 3.57. The van der Waals surface area contributed by atoms with Crippen LogP contribution in [-0.4, -0.2) is 54.1 Å². The minimum absolute atomic E-state index is 0.172. The van der Waals surface area contributed by atoms with Crippen molar-refractivity contribution in [2.75, 3.05) is 33.2 Å². The lowest BCUT2D eigenvalue weighted by Crippen LogP contribution is -2.46. The summed E-state index contributed by atoms with van der Waals surface area (Å²) in [6, 6.07) is 7.50. The summed E-state index contributed by atoms with van der Waals surface area (Å²) >= 11 is 7.57. The number of nitrogens with zero attached hydrogens (tertiary/aromatic N) is 3. The van der Waals surface area contributed by atoms with Crippen LogP contribution in [0.3, 0.4) is 0 Å². The number of hydrogen-bond acceptors (Lipinski definition) is 4. The van der Waals surface area contributed by atoms with Gasteiger partial charge in [0.15, 0.2) is 5.17 Å². The standard InChI is InChI=1S/C15H16ClN3OS/c1-18-6-8-19(9-7-18)15-17-14(20)13(21-15)10-11-4-2-3-5-12(11)16/h2-5,10H,6-9H2,1H3/b13-10-. The van der Waals surface area contributed by atoms with E-state index in [2.05, 4.69) is 21.8 Å². The zero-order valence-electron chi connectivity index (χ0n) is 11.8. The van der Waals surface area contributed by atoms with Gasteiger partial charge >= 0.3 is 0 Å². The molecule has 0 radical (unpaired) electrons. The number of hydrogen-bond donors (Lipinski definition) is 0. The van der Waals surface area contributed by atoms with Gasteiger partial charge in [0.05, 0.1) is 4.91 Å². The Bertz CT molecular complexity index is 621. The third-order valence-corrected chi connectivity index (χ3v) is 4.96. The SMILES string of the molecule is CN1CCN(C2=NC(=O)/C(=C/c3ccccc3Cl)S2)CC1. The summed E-state index contributed by atoms with van der Waals surface area (Å²) in [7, 11) is 2.11. The molecule has 0 bridgehead atoms. The molecule has 0 saturated carbocycles. The summed E-state index contributed by atoms with van der Waals surface area (Å²) in [5.41, 5.74) is 0.852. The van der Waals surface area contributed by atoms with Crippen LogP contribution in [0, 0.1) is 0 Å². The van der Waals surface area contributed by atoms with Crippen molar-refractivity contribution < 1.29 is 4.79 Å². The predicted molar refractivity (Wildman–Crippen MR) is 88.5 cm³/mol. The van der Waals surface area contributed by atoms with Crippen molar-refractivity contribution >= 4 is 40.5 Å². The molecule has 2 heterocycles. The third kappa shape index (κ3) is 3.31. The molecule has 0 aliphatic carbocycles. The van der Waals surface area contributed by atoms with E-state index in [1.807, 2.05) is 30.3 Å². The van der Waals surface area contributed by atoms with E-state index in [0.717, 1.165) is 36.9 Å². The Morgan fingerprint density at radius 2 is 1.95 bits per heavy atom. The molecule has 0 N–H and O–H groups in total. The number of carbonyl (C=O) groups excluding carboxylic acids is 1. The summed E-state index contributed by atoms with van der Waals surface area (Å²) in [6.45, 7) is 3.82. The van der Waals surface area contributed by atoms with Crippen molar-refractivity contribution in [3.8, 4) is 0 Å². The van der Waals surface area contributed by atoms with Crippen LogP contribution in [0.25, 0.3) is 6.08 Å². The summed E-state index contributed by atoms with van der Waals surface area (Å²) in [5.74, 6) is -0.172. The molecule has 110 valence electrons. The normalized spacial score (nSPS) is 22.0. The summed E-state index contributed by atoms with van der Waals surface area (Å²) in [5, 5.41) is 1.46. The summed E-state index contributed by atoms with van der Waals surface area (Å²) < 4.78 is 0. The van der Waals surface area contributed by atoms with Gasteiger partial charge in [-0.25, -0.2) is 0 Å². The van der Waals surface area contributed by atoms with Crippen LogP contribution in [0.15, 0.2) is 34.2 Å². The van der Waals surface area contributed by atoms with Crippen LogP contribution in [-0.2, 0) is 4.79 Å². The van der Waals surface area contributed by atoms with E-state index in [9.17, 15) is 4.79 Å². The number of amides is 1. The molecule has 1 aromatic rings. The number of thioether (sulfide) groups is 1. The molecule has 0 unspecified atom stereocenters. The maximum Gasteiger partial charge on any atom is 0.286 e. The monoisotopic (exact) mass is 321 g/mol. The highest BCUT2D eigenvalue weighted by molar-refractivity contribution is 8.18. The van der Waals surface area contributed by atoms with Gasteiger partial charge < -0.3 is 9.80 Å². The Hall–Kier alpha value is -1.30. The molecule has 3 rings (SSSR count). The largest absolute Gasteiger partial charge is 0.348 e. The molecule has 1 fully saturated rings. The number of aliphatic imine (C=N–C) groups is 1. The van der Waals surface area contributed by atoms with E-state index < -0.39 is 0 Å². The molecule has 0 spiro atoms. The second-order valence-corrected chi connectivity index (χ2v) is 6.54. The minimum Gasteiger partial charge on any atom is -0.348 e. The van der Waals surface area contributed by atoms with E-state index in [4.69, 9.17) is 11.6 Å². The van der Waals surface area contributed by atoms with Gasteiger partial charge in [-0.05, 0) is 36.5 Å². The van der Waals surface area contributed by atoms with E-state index in [1.54, 1.807) is 0 Å². The van der Waals surface area contributed by atoms with Crippen LogP contribution in [0.4, 0.5) is 0 Å². The maximum absolute atomic E-state index is 12.1. The average molecular weight is 322 g/mol.